The number of aryl methyl sites for hydroxylation is 1. The predicted octanol–water partition coefficient (Wildman–Crippen LogP) is 2.61. The summed E-state index contributed by atoms with van der Waals surface area (Å²) in [4.78, 5) is 14.4. The summed E-state index contributed by atoms with van der Waals surface area (Å²) in [6, 6.07) is 14.4. The molecule has 1 saturated heterocycles. The number of piperidine rings is 1. The Labute approximate surface area is 158 Å². The van der Waals surface area contributed by atoms with Crippen molar-refractivity contribution in [2.24, 2.45) is 7.05 Å². The first-order valence-corrected chi connectivity index (χ1v) is 9.57. The van der Waals surface area contributed by atoms with Crippen LogP contribution < -0.4 is 0 Å². The van der Waals surface area contributed by atoms with Gasteiger partial charge in [-0.25, -0.2) is 0 Å². The first-order valence-electron chi connectivity index (χ1n) is 9.57. The Bertz CT molecular complexity index is 1010. The number of amides is 1. The maximum absolute atomic E-state index is 12.7. The monoisotopic (exact) mass is 366 g/mol. The Hall–Kier alpha value is -2.37. The van der Waals surface area contributed by atoms with Gasteiger partial charge in [0.15, 0.2) is 0 Å². The Morgan fingerprint density at radius 2 is 1.93 bits per heavy atom. The molecule has 0 saturated carbocycles. The molecule has 5 nitrogen and oxygen atoms in total. The van der Waals surface area contributed by atoms with E-state index in [4.69, 9.17) is 0 Å². The van der Waals surface area contributed by atoms with Crippen molar-refractivity contribution in [1.82, 2.24) is 9.47 Å². The third kappa shape index (κ3) is 3.01. The molecule has 3 aromatic rings. The largest absolute Gasteiger partial charge is 0.388 e. The van der Waals surface area contributed by atoms with Crippen LogP contribution in [0.2, 0.25) is 0 Å². The van der Waals surface area contributed by atoms with E-state index < -0.39 is 11.7 Å². The molecule has 5 heteroatoms. The second-order valence-corrected chi connectivity index (χ2v) is 7.67. The van der Waals surface area contributed by atoms with Gasteiger partial charge in [-0.3, -0.25) is 4.79 Å². The minimum atomic E-state index is -1.07. The van der Waals surface area contributed by atoms with Gasteiger partial charge in [-0.1, -0.05) is 31.2 Å². The minimum absolute atomic E-state index is 0.00760. The van der Waals surface area contributed by atoms with E-state index in [0.717, 1.165) is 16.5 Å². The number of carbonyl (C=O) groups excluding carboxylic acids is 1. The predicted molar refractivity (Wildman–Crippen MR) is 107 cm³/mol. The molecule has 0 aliphatic carbocycles. The zero-order valence-corrected chi connectivity index (χ0v) is 15.9. The first kappa shape index (κ1) is 18.0. The van der Waals surface area contributed by atoms with Gasteiger partial charge in [0.2, 0.25) is 5.91 Å². The Morgan fingerprint density at radius 3 is 2.67 bits per heavy atom. The molecule has 142 valence electrons. The van der Waals surface area contributed by atoms with Gasteiger partial charge in [-0.05, 0) is 36.6 Å². The lowest BCUT2D eigenvalue weighted by Gasteiger charge is -2.41. The maximum atomic E-state index is 12.7. The van der Waals surface area contributed by atoms with Gasteiger partial charge in [0.05, 0.1) is 12.0 Å². The number of hydrogen-bond acceptors (Lipinski definition) is 3. The fourth-order valence-corrected chi connectivity index (χ4v) is 4.22. The first-order chi connectivity index (χ1) is 12.9. The van der Waals surface area contributed by atoms with E-state index in [-0.39, 0.29) is 12.5 Å². The highest BCUT2D eigenvalue weighted by atomic mass is 16.3. The van der Waals surface area contributed by atoms with Crippen LogP contribution >= 0.6 is 0 Å². The van der Waals surface area contributed by atoms with Crippen LogP contribution in [-0.4, -0.2) is 50.4 Å². The fraction of sp³-hybridized carbons (Fsp3) is 0.409. The van der Waals surface area contributed by atoms with Crippen molar-refractivity contribution >= 4 is 27.7 Å². The molecule has 1 aliphatic rings. The standard InChI is InChI=1S/C22H26N2O3/c1-3-22(27)10-11-24(14-20(22)25)21(26)13-15-8-9-19-17(12-15)16-6-4-5-7-18(16)23(19)2/h4-9,12,20,25,27H,3,10-11,13-14H2,1-2H3/t20-,22-/m1/s1. The molecule has 2 heterocycles. The van der Waals surface area contributed by atoms with Gasteiger partial charge in [-0.2, -0.15) is 0 Å². The Kier molecular flexibility index (Phi) is 4.44. The second kappa shape index (κ2) is 6.66. The molecule has 27 heavy (non-hydrogen) atoms. The lowest BCUT2D eigenvalue weighted by molar-refractivity contribution is -0.149. The molecule has 0 radical (unpaired) electrons. The second-order valence-electron chi connectivity index (χ2n) is 7.67. The molecule has 1 amide bonds. The molecule has 1 fully saturated rings. The van der Waals surface area contributed by atoms with Gasteiger partial charge in [0.1, 0.15) is 6.10 Å². The van der Waals surface area contributed by atoms with E-state index in [1.54, 1.807) is 4.90 Å². The number of aliphatic hydroxyl groups is 2. The summed E-state index contributed by atoms with van der Waals surface area (Å²) in [7, 11) is 2.06. The van der Waals surface area contributed by atoms with E-state index in [1.165, 1.54) is 10.9 Å². The number of carbonyl (C=O) groups is 1. The highest BCUT2D eigenvalue weighted by molar-refractivity contribution is 6.08. The number of fused-ring (bicyclic) bond motifs is 3. The van der Waals surface area contributed by atoms with Crippen LogP contribution in [0.5, 0.6) is 0 Å². The number of β-amino-alcohol motifs (C(OH)–C–C–N with tert-alkyl or cyclic N) is 1. The number of para-hydroxylation sites is 1. The molecule has 1 aromatic heterocycles. The van der Waals surface area contributed by atoms with E-state index in [1.807, 2.05) is 25.1 Å². The van der Waals surface area contributed by atoms with Gasteiger partial charge in [0.25, 0.3) is 0 Å². The van der Waals surface area contributed by atoms with E-state index in [9.17, 15) is 15.0 Å². The van der Waals surface area contributed by atoms with Crippen LogP contribution in [0, 0.1) is 0 Å². The molecule has 1 aliphatic heterocycles. The van der Waals surface area contributed by atoms with Crippen molar-refractivity contribution in [2.75, 3.05) is 13.1 Å². The van der Waals surface area contributed by atoms with Crippen LogP contribution in [0.3, 0.4) is 0 Å². The van der Waals surface area contributed by atoms with Crippen molar-refractivity contribution in [2.45, 2.75) is 37.9 Å². The van der Waals surface area contributed by atoms with E-state index in [0.29, 0.717) is 25.8 Å². The Balaban J connectivity index is 1.57. The number of aromatic nitrogens is 1. The highest BCUT2D eigenvalue weighted by Crippen LogP contribution is 2.29. The minimum Gasteiger partial charge on any atom is -0.388 e. The normalized spacial score (nSPS) is 23.3. The van der Waals surface area contributed by atoms with Crippen molar-refractivity contribution in [3.63, 3.8) is 0 Å². The number of likely N-dealkylation sites (tertiary alicyclic amines) is 1. The number of aliphatic hydroxyl groups excluding tert-OH is 1. The summed E-state index contributed by atoms with van der Waals surface area (Å²) in [5.74, 6) is -0.00760. The van der Waals surface area contributed by atoms with Crippen LogP contribution in [0.15, 0.2) is 42.5 Å². The topological polar surface area (TPSA) is 65.7 Å². The lowest BCUT2D eigenvalue weighted by atomic mass is 9.86. The van der Waals surface area contributed by atoms with Crippen LogP contribution in [0.1, 0.15) is 25.3 Å². The molecule has 0 spiro atoms. The number of nitrogens with zero attached hydrogens (tertiary/aromatic N) is 2. The van der Waals surface area contributed by atoms with Crippen molar-refractivity contribution < 1.29 is 15.0 Å². The van der Waals surface area contributed by atoms with Gasteiger partial charge < -0.3 is 19.7 Å². The lowest BCUT2D eigenvalue weighted by Crippen LogP contribution is -2.56. The summed E-state index contributed by atoms with van der Waals surface area (Å²) in [6.45, 7) is 2.54. The van der Waals surface area contributed by atoms with Crippen LogP contribution in [0.25, 0.3) is 21.8 Å². The summed E-state index contributed by atoms with van der Waals surface area (Å²) in [5, 5.41) is 22.9. The zero-order chi connectivity index (χ0) is 19.2. The molecular formula is C22H26N2O3. The SMILES string of the molecule is CC[C@@]1(O)CCN(C(=O)Cc2ccc3c(c2)c2ccccc2n3C)C[C@H]1O. The van der Waals surface area contributed by atoms with E-state index >= 15 is 0 Å². The van der Waals surface area contributed by atoms with Gasteiger partial charge in [-0.15, -0.1) is 0 Å². The average molecular weight is 366 g/mol. The average Bonchev–Trinajstić information content (AvgIpc) is 2.96. The molecule has 4 rings (SSSR count). The van der Waals surface area contributed by atoms with E-state index in [2.05, 4.69) is 35.9 Å². The molecule has 0 bridgehead atoms. The fourth-order valence-electron chi connectivity index (χ4n) is 4.22. The van der Waals surface area contributed by atoms with Gasteiger partial charge in [0, 0.05) is 41.9 Å². The summed E-state index contributed by atoms with van der Waals surface area (Å²) in [6.07, 6.45) is 0.323. The third-order valence-corrected chi connectivity index (χ3v) is 6.13. The third-order valence-electron chi connectivity index (χ3n) is 6.13. The summed E-state index contributed by atoms with van der Waals surface area (Å²) >= 11 is 0. The quantitative estimate of drug-likeness (QED) is 0.749. The molecule has 0 unspecified atom stereocenters. The smallest absolute Gasteiger partial charge is 0.227 e. The number of rotatable bonds is 3. The zero-order valence-electron chi connectivity index (χ0n) is 15.9. The Morgan fingerprint density at radius 1 is 1.19 bits per heavy atom. The van der Waals surface area contributed by atoms with Gasteiger partial charge >= 0.3 is 0 Å². The van der Waals surface area contributed by atoms with Crippen molar-refractivity contribution in [3.05, 3.63) is 48.0 Å². The number of benzene rings is 2. The molecule has 2 atom stereocenters. The maximum Gasteiger partial charge on any atom is 0.227 e. The van der Waals surface area contributed by atoms with Crippen LogP contribution in [0.4, 0.5) is 0 Å². The van der Waals surface area contributed by atoms with Crippen LogP contribution in [-0.2, 0) is 18.3 Å². The molecule has 2 aromatic carbocycles. The molecular weight excluding hydrogens is 340 g/mol. The van der Waals surface area contributed by atoms with Crippen molar-refractivity contribution in [3.8, 4) is 0 Å². The van der Waals surface area contributed by atoms with Crippen molar-refractivity contribution in [1.29, 1.82) is 0 Å². The molecule has 2 N–H and O–H groups in total. The highest BCUT2D eigenvalue weighted by Gasteiger charge is 2.40. The summed E-state index contributed by atoms with van der Waals surface area (Å²) in [5.41, 5.74) is 2.22. The number of hydrogen-bond donors (Lipinski definition) is 2. The summed E-state index contributed by atoms with van der Waals surface area (Å²) < 4.78 is 2.17.